The van der Waals surface area contributed by atoms with Crippen molar-refractivity contribution >= 4 is 11.8 Å². The number of hydrogen-bond acceptors (Lipinski definition) is 2. The van der Waals surface area contributed by atoms with Gasteiger partial charge in [-0.15, -0.1) is 0 Å². The third kappa shape index (κ3) is 3.95. The predicted octanol–water partition coefficient (Wildman–Crippen LogP) is 2.71. The maximum Gasteiger partial charge on any atom is 0.253 e. The lowest BCUT2D eigenvalue weighted by Crippen LogP contribution is -2.27. The van der Waals surface area contributed by atoms with Crippen molar-refractivity contribution in [1.82, 2.24) is 10.2 Å². The summed E-state index contributed by atoms with van der Waals surface area (Å²) in [6.45, 7) is 2.95. The zero-order chi connectivity index (χ0) is 15.9. The number of nitrogens with zero attached hydrogens (tertiary/aromatic N) is 1. The third-order valence-corrected chi connectivity index (χ3v) is 3.32. The molecule has 0 spiro atoms. The van der Waals surface area contributed by atoms with Gasteiger partial charge in [0.25, 0.3) is 11.8 Å². The van der Waals surface area contributed by atoms with Crippen molar-refractivity contribution in [2.45, 2.75) is 13.5 Å². The largest absolute Gasteiger partial charge is 0.352 e. The van der Waals surface area contributed by atoms with Gasteiger partial charge >= 0.3 is 0 Å². The first-order valence-electron chi connectivity index (χ1n) is 7.29. The second-order valence-electron chi connectivity index (χ2n) is 5.09. The van der Waals surface area contributed by atoms with Crippen LogP contribution in [0.4, 0.5) is 0 Å². The van der Waals surface area contributed by atoms with E-state index in [4.69, 9.17) is 0 Å². The maximum absolute atomic E-state index is 12.5. The molecule has 1 N–H and O–H groups in total. The van der Waals surface area contributed by atoms with Crippen molar-refractivity contribution in [3.8, 4) is 0 Å². The summed E-state index contributed by atoms with van der Waals surface area (Å²) in [6, 6.07) is 16.6. The number of rotatable bonds is 5. The zero-order valence-corrected chi connectivity index (χ0v) is 12.9. The average Bonchev–Trinajstić information content (AvgIpc) is 2.55. The summed E-state index contributed by atoms with van der Waals surface area (Å²) >= 11 is 0. The van der Waals surface area contributed by atoms with Crippen LogP contribution < -0.4 is 5.32 Å². The molecule has 0 aromatic heterocycles. The van der Waals surface area contributed by atoms with E-state index in [0.717, 1.165) is 5.56 Å². The molecule has 114 valence electrons. The summed E-state index contributed by atoms with van der Waals surface area (Å²) in [6.07, 6.45) is 0. The van der Waals surface area contributed by atoms with Crippen molar-refractivity contribution < 1.29 is 9.59 Å². The number of carbonyl (C=O) groups excluding carboxylic acids is 2. The highest BCUT2D eigenvalue weighted by atomic mass is 16.2. The van der Waals surface area contributed by atoms with Crippen LogP contribution in [0.25, 0.3) is 0 Å². The van der Waals surface area contributed by atoms with E-state index in [1.807, 2.05) is 37.3 Å². The van der Waals surface area contributed by atoms with Crippen LogP contribution in [0.3, 0.4) is 0 Å². The molecule has 0 bridgehead atoms. The van der Waals surface area contributed by atoms with Crippen LogP contribution in [0.5, 0.6) is 0 Å². The molecule has 0 saturated carbocycles. The third-order valence-electron chi connectivity index (χ3n) is 3.32. The first-order chi connectivity index (χ1) is 10.6. The van der Waals surface area contributed by atoms with Crippen LogP contribution in [0, 0.1) is 0 Å². The van der Waals surface area contributed by atoms with Gasteiger partial charge in [-0.25, -0.2) is 0 Å². The zero-order valence-electron chi connectivity index (χ0n) is 12.9. The van der Waals surface area contributed by atoms with Gasteiger partial charge in [0.1, 0.15) is 0 Å². The summed E-state index contributed by atoms with van der Waals surface area (Å²) < 4.78 is 0. The van der Waals surface area contributed by atoms with E-state index in [1.165, 1.54) is 0 Å². The van der Waals surface area contributed by atoms with Gasteiger partial charge in [0, 0.05) is 31.3 Å². The summed E-state index contributed by atoms with van der Waals surface area (Å²) in [5.41, 5.74) is 2.08. The minimum Gasteiger partial charge on any atom is -0.352 e. The second-order valence-corrected chi connectivity index (χ2v) is 5.09. The second kappa shape index (κ2) is 7.41. The summed E-state index contributed by atoms with van der Waals surface area (Å²) in [5.74, 6) is -0.266. The molecule has 0 atom stereocenters. The van der Waals surface area contributed by atoms with Gasteiger partial charge < -0.3 is 10.2 Å². The fourth-order valence-corrected chi connectivity index (χ4v) is 2.21. The molecule has 0 fully saturated rings. The summed E-state index contributed by atoms with van der Waals surface area (Å²) in [5, 5.41) is 2.73. The molecule has 2 amide bonds. The maximum atomic E-state index is 12.5. The Morgan fingerprint density at radius 3 is 2.36 bits per heavy atom. The minimum atomic E-state index is -0.164. The van der Waals surface area contributed by atoms with E-state index in [1.54, 1.807) is 36.2 Å². The van der Waals surface area contributed by atoms with Gasteiger partial charge in [-0.3, -0.25) is 9.59 Å². The molecule has 2 rings (SSSR count). The first-order valence-corrected chi connectivity index (χ1v) is 7.29. The Balaban J connectivity index is 2.12. The molecule has 0 aliphatic rings. The van der Waals surface area contributed by atoms with Crippen molar-refractivity contribution in [2.75, 3.05) is 13.6 Å². The molecule has 0 aliphatic carbocycles. The number of carbonyl (C=O) groups is 2. The van der Waals surface area contributed by atoms with Crippen LogP contribution in [-0.4, -0.2) is 30.3 Å². The molecule has 2 aromatic rings. The normalized spacial score (nSPS) is 10.1. The first kappa shape index (κ1) is 15.8. The van der Waals surface area contributed by atoms with E-state index in [2.05, 4.69) is 5.32 Å². The van der Waals surface area contributed by atoms with Gasteiger partial charge in [-0.05, 0) is 30.7 Å². The highest BCUT2D eigenvalue weighted by Crippen LogP contribution is 2.10. The topological polar surface area (TPSA) is 49.4 Å². The van der Waals surface area contributed by atoms with Crippen LogP contribution >= 0.6 is 0 Å². The molecule has 0 unspecified atom stereocenters. The van der Waals surface area contributed by atoms with E-state index < -0.39 is 0 Å². The van der Waals surface area contributed by atoms with Gasteiger partial charge in [-0.2, -0.15) is 0 Å². The van der Waals surface area contributed by atoms with Gasteiger partial charge in [0.05, 0.1) is 0 Å². The Bertz CT molecular complexity index is 653. The van der Waals surface area contributed by atoms with Crippen LogP contribution in [0.1, 0.15) is 33.2 Å². The van der Waals surface area contributed by atoms with Crippen molar-refractivity contribution in [1.29, 1.82) is 0 Å². The number of hydrogen-bond donors (Lipinski definition) is 1. The van der Waals surface area contributed by atoms with Crippen LogP contribution in [0.2, 0.25) is 0 Å². The fraction of sp³-hybridized carbons (Fsp3) is 0.222. The van der Waals surface area contributed by atoms with Crippen LogP contribution in [0.15, 0.2) is 54.6 Å². The number of amides is 2. The van der Waals surface area contributed by atoms with Crippen molar-refractivity contribution in [2.24, 2.45) is 0 Å². The van der Waals surface area contributed by atoms with E-state index in [-0.39, 0.29) is 11.8 Å². The monoisotopic (exact) mass is 296 g/mol. The molecule has 22 heavy (non-hydrogen) atoms. The minimum absolute atomic E-state index is 0.102. The molecule has 0 radical (unpaired) electrons. The smallest absolute Gasteiger partial charge is 0.253 e. The fourth-order valence-electron chi connectivity index (χ4n) is 2.21. The standard InChI is InChI=1S/C18H20N2O2/c1-3-19-17(21)15-10-7-11-16(12-15)18(22)20(2)13-14-8-5-4-6-9-14/h4-12H,3,13H2,1-2H3,(H,19,21). The Kier molecular flexibility index (Phi) is 5.31. The molecule has 0 saturated heterocycles. The molecule has 0 aliphatic heterocycles. The van der Waals surface area contributed by atoms with Gasteiger partial charge in [-0.1, -0.05) is 36.4 Å². The lowest BCUT2D eigenvalue weighted by molar-refractivity contribution is 0.0785. The summed E-state index contributed by atoms with van der Waals surface area (Å²) in [4.78, 5) is 26.0. The lowest BCUT2D eigenvalue weighted by atomic mass is 10.1. The highest BCUT2D eigenvalue weighted by Gasteiger charge is 2.14. The Labute approximate surface area is 130 Å². The molecule has 2 aromatic carbocycles. The van der Waals surface area contributed by atoms with Gasteiger partial charge in [0.15, 0.2) is 0 Å². The SMILES string of the molecule is CCNC(=O)c1cccc(C(=O)N(C)Cc2ccccc2)c1. The van der Waals surface area contributed by atoms with Crippen molar-refractivity contribution in [3.63, 3.8) is 0 Å². The van der Waals surface area contributed by atoms with E-state index in [0.29, 0.717) is 24.2 Å². The Morgan fingerprint density at radius 1 is 1.00 bits per heavy atom. The molecular formula is C18H20N2O2. The highest BCUT2D eigenvalue weighted by molar-refractivity contribution is 5.99. The lowest BCUT2D eigenvalue weighted by Gasteiger charge is -2.17. The van der Waals surface area contributed by atoms with E-state index >= 15 is 0 Å². The average molecular weight is 296 g/mol. The number of nitrogens with one attached hydrogen (secondary N) is 1. The molecule has 4 nitrogen and oxygen atoms in total. The van der Waals surface area contributed by atoms with Gasteiger partial charge in [0.2, 0.25) is 0 Å². The molecule has 4 heteroatoms. The number of benzene rings is 2. The summed E-state index contributed by atoms with van der Waals surface area (Å²) in [7, 11) is 1.76. The van der Waals surface area contributed by atoms with Crippen molar-refractivity contribution in [3.05, 3.63) is 71.3 Å². The van der Waals surface area contributed by atoms with E-state index in [9.17, 15) is 9.59 Å². The quantitative estimate of drug-likeness (QED) is 0.922. The Hall–Kier alpha value is -2.62. The Morgan fingerprint density at radius 2 is 1.68 bits per heavy atom. The molecular weight excluding hydrogens is 276 g/mol. The van der Waals surface area contributed by atoms with Crippen LogP contribution in [-0.2, 0) is 6.54 Å². The molecule has 0 heterocycles. The predicted molar refractivity (Wildman–Crippen MR) is 86.7 cm³/mol.